The monoisotopic (exact) mass is 415 g/mol. The summed E-state index contributed by atoms with van der Waals surface area (Å²) in [5.74, 6) is -0.460. The van der Waals surface area contributed by atoms with Crippen LogP contribution in [0.2, 0.25) is 0 Å². The number of ether oxygens (including phenoxy) is 2. The highest BCUT2D eigenvalue weighted by Crippen LogP contribution is 2.24. The second kappa shape index (κ2) is 7.92. The average Bonchev–Trinajstić information content (AvgIpc) is 2.66. The number of anilines is 1. The van der Waals surface area contributed by atoms with Gasteiger partial charge in [0.2, 0.25) is 5.88 Å². The summed E-state index contributed by atoms with van der Waals surface area (Å²) in [7, 11) is 1.31. The van der Waals surface area contributed by atoms with Crippen LogP contribution >= 0.6 is 15.9 Å². The molecule has 0 aliphatic carbocycles. The van der Waals surface area contributed by atoms with Crippen LogP contribution in [-0.2, 0) is 9.53 Å². The Labute approximate surface area is 157 Å². The molecule has 0 aliphatic heterocycles. The van der Waals surface area contributed by atoms with E-state index < -0.39 is 5.97 Å². The van der Waals surface area contributed by atoms with E-state index in [2.05, 4.69) is 36.0 Å². The number of nitrogens with one attached hydrogen (secondary N) is 1. The predicted octanol–water partition coefficient (Wildman–Crippen LogP) is 3.20. The Morgan fingerprint density at radius 1 is 1.12 bits per heavy atom. The molecule has 0 bridgehead atoms. The van der Waals surface area contributed by atoms with Crippen molar-refractivity contribution in [3.8, 4) is 5.88 Å². The third-order valence-corrected chi connectivity index (χ3v) is 3.98. The molecule has 3 rings (SSSR count). The fourth-order valence-electron chi connectivity index (χ4n) is 2.26. The van der Waals surface area contributed by atoms with Gasteiger partial charge >= 0.3 is 5.97 Å². The number of halogens is 1. The number of rotatable bonds is 5. The Morgan fingerprint density at radius 2 is 1.88 bits per heavy atom. The topological polar surface area (TPSA) is 90.4 Å². The van der Waals surface area contributed by atoms with Crippen LogP contribution in [0.25, 0.3) is 10.9 Å². The van der Waals surface area contributed by atoms with Crippen LogP contribution in [0.3, 0.4) is 0 Å². The van der Waals surface area contributed by atoms with Gasteiger partial charge in [-0.3, -0.25) is 4.79 Å². The lowest BCUT2D eigenvalue weighted by Crippen LogP contribution is -2.20. The van der Waals surface area contributed by atoms with E-state index in [0.717, 1.165) is 9.99 Å². The number of amides is 1. The van der Waals surface area contributed by atoms with Crippen LogP contribution in [0.1, 0.15) is 10.4 Å². The van der Waals surface area contributed by atoms with Crippen molar-refractivity contribution in [1.82, 2.24) is 9.97 Å². The van der Waals surface area contributed by atoms with E-state index in [1.807, 2.05) is 18.2 Å². The molecule has 0 aliphatic rings. The number of esters is 1. The maximum atomic E-state index is 12.1. The lowest BCUT2D eigenvalue weighted by atomic mass is 10.2. The summed E-state index contributed by atoms with van der Waals surface area (Å²) in [5.41, 5.74) is 1.67. The Balaban J connectivity index is 1.64. The van der Waals surface area contributed by atoms with E-state index in [0.29, 0.717) is 22.5 Å². The first-order valence-electron chi connectivity index (χ1n) is 7.58. The van der Waals surface area contributed by atoms with E-state index in [-0.39, 0.29) is 12.5 Å². The van der Waals surface area contributed by atoms with Gasteiger partial charge in [-0.2, -0.15) is 0 Å². The molecule has 8 heteroatoms. The Kier molecular flexibility index (Phi) is 5.43. The molecule has 132 valence electrons. The van der Waals surface area contributed by atoms with E-state index in [4.69, 9.17) is 4.74 Å². The van der Waals surface area contributed by atoms with Crippen molar-refractivity contribution in [3.05, 3.63) is 58.8 Å². The van der Waals surface area contributed by atoms with Crippen molar-refractivity contribution in [2.75, 3.05) is 19.0 Å². The number of methoxy groups -OCH3 is 1. The van der Waals surface area contributed by atoms with Gasteiger partial charge in [-0.1, -0.05) is 15.9 Å². The molecule has 0 saturated heterocycles. The van der Waals surface area contributed by atoms with Crippen LogP contribution < -0.4 is 10.1 Å². The smallest absolute Gasteiger partial charge is 0.337 e. The number of fused-ring (bicyclic) bond motifs is 1. The summed E-state index contributed by atoms with van der Waals surface area (Å²) in [6, 6.07) is 11.9. The van der Waals surface area contributed by atoms with Crippen molar-refractivity contribution in [2.45, 2.75) is 0 Å². The minimum atomic E-state index is -0.437. The largest absolute Gasteiger partial charge is 0.467 e. The van der Waals surface area contributed by atoms with Gasteiger partial charge < -0.3 is 14.8 Å². The van der Waals surface area contributed by atoms with Gasteiger partial charge in [0.05, 0.1) is 23.6 Å². The molecule has 0 atom stereocenters. The van der Waals surface area contributed by atoms with Gasteiger partial charge in [0.25, 0.3) is 5.91 Å². The number of aromatic nitrogens is 2. The van der Waals surface area contributed by atoms with Crippen LogP contribution in [0.15, 0.2) is 53.3 Å². The molecule has 1 amide bonds. The number of carbonyl (C=O) groups is 2. The molecular formula is C18H14BrN3O4. The van der Waals surface area contributed by atoms with Crippen LogP contribution in [0.5, 0.6) is 5.88 Å². The molecule has 1 N–H and O–H groups in total. The van der Waals surface area contributed by atoms with Gasteiger partial charge in [-0.05, 0) is 42.5 Å². The molecule has 0 fully saturated rings. The first-order valence-corrected chi connectivity index (χ1v) is 8.37. The molecule has 7 nitrogen and oxygen atoms in total. The molecule has 3 aromatic rings. The number of nitrogens with zero attached hydrogens (tertiary/aromatic N) is 2. The van der Waals surface area contributed by atoms with E-state index in [1.54, 1.807) is 24.3 Å². The van der Waals surface area contributed by atoms with Crippen molar-refractivity contribution in [3.63, 3.8) is 0 Å². The Hall–Kier alpha value is -3.00. The van der Waals surface area contributed by atoms with Gasteiger partial charge in [0, 0.05) is 10.2 Å². The zero-order valence-electron chi connectivity index (χ0n) is 13.7. The van der Waals surface area contributed by atoms with Crippen molar-refractivity contribution < 1.29 is 19.1 Å². The highest BCUT2D eigenvalue weighted by Gasteiger charge is 2.10. The number of carbonyl (C=O) groups excluding carboxylic acids is 2. The lowest BCUT2D eigenvalue weighted by molar-refractivity contribution is -0.118. The number of hydrogen-bond acceptors (Lipinski definition) is 6. The lowest BCUT2D eigenvalue weighted by Gasteiger charge is -2.09. The summed E-state index contributed by atoms with van der Waals surface area (Å²) in [4.78, 5) is 31.7. The maximum absolute atomic E-state index is 12.1. The molecule has 1 heterocycles. The minimum Gasteiger partial charge on any atom is -0.467 e. The summed E-state index contributed by atoms with van der Waals surface area (Å²) in [5, 5.41) is 3.39. The van der Waals surface area contributed by atoms with Gasteiger partial charge in [0.1, 0.15) is 6.33 Å². The fourth-order valence-corrected chi connectivity index (χ4v) is 2.62. The minimum absolute atomic E-state index is 0.211. The van der Waals surface area contributed by atoms with Crippen molar-refractivity contribution in [1.29, 1.82) is 0 Å². The summed E-state index contributed by atoms with van der Waals surface area (Å²) >= 11 is 3.39. The van der Waals surface area contributed by atoms with Gasteiger partial charge in [-0.25, -0.2) is 14.8 Å². The predicted molar refractivity (Wildman–Crippen MR) is 99.1 cm³/mol. The third-order valence-electron chi connectivity index (χ3n) is 3.49. The fraction of sp³-hybridized carbons (Fsp3) is 0.111. The molecular weight excluding hydrogens is 402 g/mol. The zero-order valence-corrected chi connectivity index (χ0v) is 15.3. The molecule has 26 heavy (non-hydrogen) atoms. The third kappa shape index (κ3) is 4.15. The normalized spacial score (nSPS) is 10.4. The van der Waals surface area contributed by atoms with Crippen molar-refractivity contribution >= 4 is 44.4 Å². The summed E-state index contributed by atoms with van der Waals surface area (Å²) in [6.07, 6.45) is 1.38. The summed E-state index contributed by atoms with van der Waals surface area (Å²) in [6.45, 7) is -0.211. The highest BCUT2D eigenvalue weighted by molar-refractivity contribution is 9.10. The second-order valence-electron chi connectivity index (χ2n) is 5.25. The molecule has 2 aromatic carbocycles. The SMILES string of the molecule is COC(=O)c1ccc(NC(=O)COc2ncnc3ccc(Br)cc23)cc1. The molecule has 1 aromatic heterocycles. The number of hydrogen-bond donors (Lipinski definition) is 1. The standard InChI is InChI=1S/C18H14BrN3O4/c1-25-18(24)11-2-5-13(6-3-11)22-16(23)9-26-17-14-8-12(19)4-7-15(14)20-10-21-17/h2-8,10H,9H2,1H3,(H,22,23). The van der Waals surface area contributed by atoms with E-state index >= 15 is 0 Å². The molecule has 0 radical (unpaired) electrons. The Morgan fingerprint density at radius 3 is 2.62 bits per heavy atom. The quantitative estimate of drug-likeness (QED) is 0.643. The van der Waals surface area contributed by atoms with Crippen LogP contribution in [-0.4, -0.2) is 35.6 Å². The van der Waals surface area contributed by atoms with Crippen molar-refractivity contribution in [2.24, 2.45) is 0 Å². The average molecular weight is 416 g/mol. The summed E-state index contributed by atoms with van der Waals surface area (Å²) < 4.78 is 11.0. The zero-order chi connectivity index (χ0) is 18.5. The van der Waals surface area contributed by atoms with E-state index in [9.17, 15) is 9.59 Å². The molecule has 0 saturated carbocycles. The highest BCUT2D eigenvalue weighted by atomic mass is 79.9. The van der Waals surface area contributed by atoms with E-state index in [1.165, 1.54) is 13.4 Å². The van der Waals surface area contributed by atoms with Crippen LogP contribution in [0.4, 0.5) is 5.69 Å². The first-order chi connectivity index (χ1) is 12.6. The Bertz CT molecular complexity index is 960. The second-order valence-corrected chi connectivity index (χ2v) is 6.16. The van der Waals surface area contributed by atoms with Gasteiger partial charge in [0.15, 0.2) is 6.61 Å². The maximum Gasteiger partial charge on any atom is 0.337 e. The number of benzene rings is 2. The molecule has 0 unspecified atom stereocenters. The van der Waals surface area contributed by atoms with Gasteiger partial charge in [-0.15, -0.1) is 0 Å². The van der Waals surface area contributed by atoms with Crippen LogP contribution in [0, 0.1) is 0 Å². The molecule has 0 spiro atoms. The first kappa shape index (κ1) is 17.8.